The molecule has 0 saturated carbocycles. The van der Waals surface area contributed by atoms with Crippen LogP contribution in [0.25, 0.3) is 16.5 Å². The van der Waals surface area contributed by atoms with E-state index >= 15 is 0 Å². The molecule has 0 N–H and O–H groups in total. The van der Waals surface area contributed by atoms with Crippen LogP contribution in [0.1, 0.15) is 5.56 Å². The van der Waals surface area contributed by atoms with Crippen molar-refractivity contribution in [2.24, 2.45) is 0 Å². The summed E-state index contributed by atoms with van der Waals surface area (Å²) >= 11 is 0. The standard InChI is InChI=1S/C14H10O2/c15-11-8-14(16-9-11)13-7-3-5-10-4-1-2-6-12(10)13/h1-8H,9H2. The highest BCUT2D eigenvalue weighted by Gasteiger charge is 2.16. The summed E-state index contributed by atoms with van der Waals surface area (Å²) in [4.78, 5) is 11.2. The molecule has 0 spiro atoms. The van der Waals surface area contributed by atoms with Crippen LogP contribution in [-0.4, -0.2) is 12.4 Å². The van der Waals surface area contributed by atoms with E-state index < -0.39 is 0 Å². The van der Waals surface area contributed by atoms with Gasteiger partial charge in [0.05, 0.1) is 0 Å². The van der Waals surface area contributed by atoms with Crippen LogP contribution in [0.2, 0.25) is 0 Å². The van der Waals surface area contributed by atoms with Gasteiger partial charge in [-0.1, -0.05) is 42.5 Å². The molecule has 0 aromatic heterocycles. The summed E-state index contributed by atoms with van der Waals surface area (Å²) in [5, 5.41) is 2.27. The molecule has 0 saturated heterocycles. The lowest BCUT2D eigenvalue weighted by Crippen LogP contribution is -1.93. The van der Waals surface area contributed by atoms with Gasteiger partial charge >= 0.3 is 0 Å². The Balaban J connectivity index is 2.24. The van der Waals surface area contributed by atoms with Gasteiger partial charge in [-0.15, -0.1) is 0 Å². The van der Waals surface area contributed by atoms with Gasteiger partial charge in [0.25, 0.3) is 0 Å². The van der Waals surface area contributed by atoms with Crippen molar-refractivity contribution in [2.75, 3.05) is 6.61 Å². The van der Waals surface area contributed by atoms with E-state index in [1.807, 2.05) is 30.3 Å². The lowest BCUT2D eigenvalue weighted by atomic mass is 10.0. The molecule has 78 valence electrons. The van der Waals surface area contributed by atoms with Gasteiger partial charge in [0.15, 0.2) is 12.4 Å². The van der Waals surface area contributed by atoms with E-state index in [9.17, 15) is 4.79 Å². The first-order valence-electron chi connectivity index (χ1n) is 5.20. The Labute approximate surface area is 93.2 Å². The Morgan fingerprint density at radius 1 is 1.00 bits per heavy atom. The molecular weight excluding hydrogens is 200 g/mol. The molecule has 1 heterocycles. The van der Waals surface area contributed by atoms with Gasteiger partial charge in [-0.3, -0.25) is 4.79 Å². The summed E-state index contributed by atoms with van der Waals surface area (Å²) in [5.74, 6) is 0.713. The Kier molecular flexibility index (Phi) is 2.00. The topological polar surface area (TPSA) is 26.3 Å². The number of hydrogen-bond donors (Lipinski definition) is 0. The van der Waals surface area contributed by atoms with Crippen LogP contribution in [-0.2, 0) is 9.53 Å². The summed E-state index contributed by atoms with van der Waals surface area (Å²) in [7, 11) is 0. The van der Waals surface area contributed by atoms with Crippen LogP contribution >= 0.6 is 0 Å². The zero-order chi connectivity index (χ0) is 11.0. The van der Waals surface area contributed by atoms with Gasteiger partial charge < -0.3 is 4.74 Å². The highest BCUT2D eigenvalue weighted by Crippen LogP contribution is 2.27. The smallest absolute Gasteiger partial charge is 0.196 e. The average Bonchev–Trinajstić information content (AvgIpc) is 2.75. The van der Waals surface area contributed by atoms with Crippen molar-refractivity contribution in [2.45, 2.75) is 0 Å². The monoisotopic (exact) mass is 210 g/mol. The Morgan fingerprint density at radius 2 is 1.81 bits per heavy atom. The van der Waals surface area contributed by atoms with E-state index in [-0.39, 0.29) is 12.4 Å². The molecule has 3 rings (SSSR count). The lowest BCUT2D eigenvalue weighted by molar-refractivity contribution is -0.115. The minimum atomic E-state index is 0.0305. The summed E-state index contributed by atoms with van der Waals surface area (Å²) in [5.41, 5.74) is 0.990. The fourth-order valence-corrected chi connectivity index (χ4v) is 1.97. The summed E-state index contributed by atoms with van der Waals surface area (Å²) in [6, 6.07) is 14.1. The second-order valence-corrected chi connectivity index (χ2v) is 3.79. The molecule has 0 amide bonds. The fraction of sp³-hybridized carbons (Fsp3) is 0.0714. The predicted octanol–water partition coefficient (Wildman–Crippen LogP) is 2.78. The van der Waals surface area contributed by atoms with Crippen molar-refractivity contribution in [3.63, 3.8) is 0 Å². The van der Waals surface area contributed by atoms with Crippen LogP contribution in [0.5, 0.6) is 0 Å². The lowest BCUT2D eigenvalue weighted by Gasteiger charge is -2.06. The van der Waals surface area contributed by atoms with Crippen LogP contribution in [0.3, 0.4) is 0 Å². The SMILES string of the molecule is O=C1C=C(c2cccc3ccccc23)OC1. The second kappa shape index (κ2) is 3.49. The van der Waals surface area contributed by atoms with E-state index in [0.29, 0.717) is 5.76 Å². The maximum atomic E-state index is 11.2. The van der Waals surface area contributed by atoms with E-state index in [0.717, 1.165) is 16.3 Å². The number of fused-ring (bicyclic) bond motifs is 1. The van der Waals surface area contributed by atoms with E-state index in [2.05, 4.69) is 12.1 Å². The van der Waals surface area contributed by atoms with Gasteiger partial charge in [0.2, 0.25) is 0 Å². The number of rotatable bonds is 1. The molecular formula is C14H10O2. The Hall–Kier alpha value is -2.09. The third kappa shape index (κ3) is 1.39. The van der Waals surface area contributed by atoms with Gasteiger partial charge in [0, 0.05) is 11.6 Å². The van der Waals surface area contributed by atoms with Gasteiger partial charge in [-0.25, -0.2) is 0 Å². The van der Waals surface area contributed by atoms with Crippen molar-refractivity contribution in [3.8, 4) is 0 Å². The molecule has 2 aromatic rings. The highest BCUT2D eigenvalue weighted by atomic mass is 16.5. The largest absolute Gasteiger partial charge is 0.485 e. The molecule has 1 aliphatic heterocycles. The molecule has 1 aliphatic rings. The first kappa shape index (κ1) is 9.16. The van der Waals surface area contributed by atoms with Crippen molar-refractivity contribution in [1.82, 2.24) is 0 Å². The molecule has 2 nitrogen and oxygen atoms in total. The summed E-state index contributed by atoms with van der Waals surface area (Å²) in [6.45, 7) is 0.165. The van der Waals surface area contributed by atoms with E-state index in [4.69, 9.17) is 4.74 Å². The fourth-order valence-electron chi connectivity index (χ4n) is 1.97. The second-order valence-electron chi connectivity index (χ2n) is 3.79. The minimum absolute atomic E-state index is 0.0305. The molecule has 2 heteroatoms. The molecule has 0 fully saturated rings. The minimum Gasteiger partial charge on any atom is -0.485 e. The molecule has 16 heavy (non-hydrogen) atoms. The van der Waals surface area contributed by atoms with Crippen molar-refractivity contribution >= 4 is 22.3 Å². The quantitative estimate of drug-likeness (QED) is 0.723. The molecule has 0 radical (unpaired) electrons. The van der Waals surface area contributed by atoms with Crippen LogP contribution in [0, 0.1) is 0 Å². The third-order valence-electron chi connectivity index (χ3n) is 2.72. The van der Waals surface area contributed by atoms with Crippen molar-refractivity contribution in [1.29, 1.82) is 0 Å². The molecule has 0 bridgehead atoms. The number of benzene rings is 2. The predicted molar refractivity (Wildman–Crippen MR) is 62.9 cm³/mol. The van der Waals surface area contributed by atoms with Crippen LogP contribution in [0.4, 0.5) is 0 Å². The molecule has 0 atom stereocenters. The van der Waals surface area contributed by atoms with Crippen molar-refractivity contribution in [3.05, 3.63) is 54.1 Å². The highest BCUT2D eigenvalue weighted by molar-refractivity contribution is 6.03. The Bertz CT molecular complexity index is 591. The third-order valence-corrected chi connectivity index (χ3v) is 2.72. The van der Waals surface area contributed by atoms with E-state index in [1.165, 1.54) is 0 Å². The average molecular weight is 210 g/mol. The molecule has 0 unspecified atom stereocenters. The maximum absolute atomic E-state index is 11.2. The van der Waals surface area contributed by atoms with Gasteiger partial charge in [0.1, 0.15) is 5.76 Å². The number of carbonyl (C=O) groups is 1. The first-order valence-corrected chi connectivity index (χ1v) is 5.20. The van der Waals surface area contributed by atoms with E-state index in [1.54, 1.807) is 6.08 Å². The first-order chi connectivity index (χ1) is 7.84. The van der Waals surface area contributed by atoms with Crippen molar-refractivity contribution < 1.29 is 9.53 Å². The molecule has 2 aromatic carbocycles. The number of ether oxygens (including phenoxy) is 1. The normalized spacial score (nSPS) is 15.0. The van der Waals surface area contributed by atoms with Crippen LogP contribution in [0.15, 0.2) is 48.5 Å². The Morgan fingerprint density at radius 3 is 2.62 bits per heavy atom. The van der Waals surface area contributed by atoms with Gasteiger partial charge in [-0.2, -0.15) is 0 Å². The molecule has 0 aliphatic carbocycles. The van der Waals surface area contributed by atoms with Crippen LogP contribution < -0.4 is 0 Å². The summed E-state index contributed by atoms with van der Waals surface area (Å²) < 4.78 is 5.37. The number of ketones is 1. The number of carbonyl (C=O) groups excluding carboxylic acids is 1. The summed E-state index contributed by atoms with van der Waals surface area (Å²) in [6.07, 6.45) is 1.57. The van der Waals surface area contributed by atoms with Gasteiger partial charge in [-0.05, 0) is 10.8 Å². The zero-order valence-electron chi connectivity index (χ0n) is 8.64. The maximum Gasteiger partial charge on any atom is 0.196 e. The zero-order valence-corrected chi connectivity index (χ0v) is 8.64. The number of hydrogen-bond acceptors (Lipinski definition) is 2.